The average molecular weight is 251 g/mol. The first-order valence-corrected chi connectivity index (χ1v) is 7.41. The molecule has 1 aromatic carbocycles. The molecule has 17 heavy (non-hydrogen) atoms. The fraction of sp³-hybridized carbons (Fsp3) is 0.500. The molecular formula is C14H21NOS. The van der Waals surface area contributed by atoms with Crippen molar-refractivity contribution in [1.29, 1.82) is 0 Å². The second kappa shape index (κ2) is 7.38. The molecule has 1 aromatic rings. The van der Waals surface area contributed by atoms with Gasteiger partial charge in [-0.15, -0.1) is 0 Å². The van der Waals surface area contributed by atoms with Gasteiger partial charge in [-0.3, -0.25) is 4.79 Å². The summed E-state index contributed by atoms with van der Waals surface area (Å²) in [6.07, 6.45) is 4.26. The molecule has 1 amide bonds. The highest BCUT2D eigenvalue weighted by atomic mass is 32.2. The molecule has 0 aliphatic rings. The Bertz CT molecular complexity index is 348. The number of hydrogen-bond acceptors (Lipinski definition) is 2. The number of thioether (sulfide) groups is 1. The predicted octanol–water partition coefficient (Wildman–Crippen LogP) is 3.42. The molecule has 0 unspecified atom stereocenters. The van der Waals surface area contributed by atoms with E-state index in [1.54, 1.807) is 16.7 Å². The fourth-order valence-corrected chi connectivity index (χ4v) is 2.15. The highest BCUT2D eigenvalue weighted by molar-refractivity contribution is 7.97. The van der Waals surface area contributed by atoms with Gasteiger partial charge in [0, 0.05) is 24.9 Å². The van der Waals surface area contributed by atoms with Crippen molar-refractivity contribution in [2.75, 3.05) is 19.8 Å². The van der Waals surface area contributed by atoms with E-state index in [9.17, 15) is 4.79 Å². The van der Waals surface area contributed by atoms with Crippen LogP contribution in [0.3, 0.4) is 0 Å². The molecule has 0 spiro atoms. The molecule has 0 N–H and O–H groups in total. The first kappa shape index (κ1) is 14.1. The van der Waals surface area contributed by atoms with Crippen LogP contribution in [0, 0.1) is 0 Å². The van der Waals surface area contributed by atoms with Crippen LogP contribution in [0.1, 0.15) is 35.7 Å². The van der Waals surface area contributed by atoms with Gasteiger partial charge in [-0.1, -0.05) is 25.5 Å². The van der Waals surface area contributed by atoms with Gasteiger partial charge in [0.1, 0.15) is 0 Å². The van der Waals surface area contributed by atoms with Crippen molar-refractivity contribution in [1.82, 2.24) is 4.90 Å². The molecule has 3 heteroatoms. The third kappa shape index (κ3) is 4.43. The van der Waals surface area contributed by atoms with Crippen LogP contribution in [0.5, 0.6) is 0 Å². The van der Waals surface area contributed by atoms with Gasteiger partial charge < -0.3 is 4.90 Å². The molecule has 0 aliphatic carbocycles. The molecule has 1 rings (SSSR count). The number of benzene rings is 1. The van der Waals surface area contributed by atoms with Gasteiger partial charge in [0.2, 0.25) is 0 Å². The molecule has 94 valence electrons. The van der Waals surface area contributed by atoms with E-state index in [0.29, 0.717) is 0 Å². The van der Waals surface area contributed by atoms with Crippen LogP contribution in [0.25, 0.3) is 0 Å². The molecule has 0 heterocycles. The second-order valence-electron chi connectivity index (χ2n) is 4.21. The Kier molecular flexibility index (Phi) is 6.12. The largest absolute Gasteiger partial charge is 0.342 e. The summed E-state index contributed by atoms with van der Waals surface area (Å²) >= 11 is 1.79. The number of unbranched alkanes of at least 4 members (excludes halogenated alkanes) is 1. The summed E-state index contributed by atoms with van der Waals surface area (Å²) in [4.78, 5) is 13.8. The van der Waals surface area contributed by atoms with Crippen LogP contribution < -0.4 is 0 Å². The molecule has 0 fully saturated rings. The van der Waals surface area contributed by atoms with Crippen molar-refractivity contribution < 1.29 is 4.79 Å². The summed E-state index contributed by atoms with van der Waals surface area (Å²) in [5.41, 5.74) is 2.05. The maximum Gasteiger partial charge on any atom is 0.253 e. The second-order valence-corrected chi connectivity index (χ2v) is 5.08. The van der Waals surface area contributed by atoms with Crippen molar-refractivity contribution in [2.24, 2.45) is 0 Å². The SMILES string of the molecule is CCCCN(C)C(=O)c1ccc(CSC)cc1. The van der Waals surface area contributed by atoms with Crippen LogP contribution in [0.15, 0.2) is 24.3 Å². The van der Waals surface area contributed by atoms with Crippen molar-refractivity contribution >= 4 is 17.7 Å². The highest BCUT2D eigenvalue weighted by Gasteiger charge is 2.10. The molecule has 0 aromatic heterocycles. The predicted molar refractivity (Wildman–Crippen MR) is 75.5 cm³/mol. The third-order valence-corrected chi connectivity index (χ3v) is 3.33. The minimum atomic E-state index is 0.120. The number of hydrogen-bond donors (Lipinski definition) is 0. The fourth-order valence-electron chi connectivity index (χ4n) is 1.63. The maximum atomic E-state index is 12.0. The summed E-state index contributed by atoms with van der Waals surface area (Å²) in [6.45, 7) is 2.97. The van der Waals surface area contributed by atoms with E-state index in [4.69, 9.17) is 0 Å². The first-order valence-electron chi connectivity index (χ1n) is 6.02. The number of carbonyl (C=O) groups is 1. The number of nitrogens with zero attached hydrogens (tertiary/aromatic N) is 1. The summed E-state index contributed by atoms with van der Waals surface area (Å²) < 4.78 is 0. The zero-order valence-electron chi connectivity index (χ0n) is 10.9. The summed E-state index contributed by atoms with van der Waals surface area (Å²) in [5, 5.41) is 0. The zero-order valence-corrected chi connectivity index (χ0v) is 11.7. The van der Waals surface area contributed by atoms with E-state index in [-0.39, 0.29) is 5.91 Å². The molecule has 0 bridgehead atoms. The Balaban J connectivity index is 2.62. The van der Waals surface area contributed by atoms with Gasteiger partial charge >= 0.3 is 0 Å². The Labute approximate surface area is 108 Å². The van der Waals surface area contributed by atoms with Gasteiger partial charge in [-0.2, -0.15) is 11.8 Å². The lowest BCUT2D eigenvalue weighted by atomic mass is 10.1. The lowest BCUT2D eigenvalue weighted by Crippen LogP contribution is -2.27. The Hall–Kier alpha value is -0.960. The minimum Gasteiger partial charge on any atom is -0.342 e. The zero-order chi connectivity index (χ0) is 12.7. The molecule has 0 radical (unpaired) electrons. The summed E-state index contributed by atoms with van der Waals surface area (Å²) in [7, 11) is 1.87. The Morgan fingerprint density at radius 2 is 1.94 bits per heavy atom. The monoisotopic (exact) mass is 251 g/mol. The smallest absolute Gasteiger partial charge is 0.253 e. The van der Waals surface area contributed by atoms with Gasteiger partial charge in [0.25, 0.3) is 5.91 Å². The number of amides is 1. The van der Waals surface area contributed by atoms with Crippen molar-refractivity contribution in [3.63, 3.8) is 0 Å². The van der Waals surface area contributed by atoms with E-state index in [2.05, 4.69) is 13.2 Å². The quantitative estimate of drug-likeness (QED) is 0.772. The lowest BCUT2D eigenvalue weighted by molar-refractivity contribution is 0.0793. The van der Waals surface area contributed by atoms with E-state index in [1.165, 1.54) is 5.56 Å². The normalized spacial score (nSPS) is 10.3. The summed E-state index contributed by atoms with van der Waals surface area (Å²) in [5.74, 6) is 1.12. The highest BCUT2D eigenvalue weighted by Crippen LogP contribution is 2.12. The van der Waals surface area contributed by atoms with E-state index >= 15 is 0 Å². The van der Waals surface area contributed by atoms with Crippen molar-refractivity contribution in [3.8, 4) is 0 Å². The Morgan fingerprint density at radius 3 is 2.47 bits per heavy atom. The standard InChI is InChI=1S/C14H21NOS/c1-4-5-10-15(2)14(16)13-8-6-12(7-9-13)11-17-3/h6-9H,4-5,10-11H2,1-3H3. The van der Waals surface area contributed by atoms with Crippen LogP contribution in [-0.2, 0) is 5.75 Å². The molecule has 0 aliphatic heterocycles. The first-order chi connectivity index (χ1) is 8.19. The van der Waals surface area contributed by atoms with Gasteiger partial charge in [-0.05, 0) is 30.4 Å². The van der Waals surface area contributed by atoms with E-state index < -0.39 is 0 Å². The van der Waals surface area contributed by atoms with Gasteiger partial charge in [-0.25, -0.2) is 0 Å². The van der Waals surface area contributed by atoms with Crippen molar-refractivity contribution in [3.05, 3.63) is 35.4 Å². The van der Waals surface area contributed by atoms with Crippen molar-refractivity contribution in [2.45, 2.75) is 25.5 Å². The van der Waals surface area contributed by atoms with E-state index in [1.807, 2.05) is 31.3 Å². The molecule has 2 nitrogen and oxygen atoms in total. The molecule has 0 saturated carbocycles. The number of rotatable bonds is 6. The maximum absolute atomic E-state index is 12.0. The lowest BCUT2D eigenvalue weighted by Gasteiger charge is -2.16. The van der Waals surface area contributed by atoms with Crippen LogP contribution >= 0.6 is 11.8 Å². The molecule has 0 atom stereocenters. The van der Waals surface area contributed by atoms with Crippen LogP contribution in [0.2, 0.25) is 0 Å². The van der Waals surface area contributed by atoms with Crippen LogP contribution in [-0.4, -0.2) is 30.7 Å². The van der Waals surface area contributed by atoms with Gasteiger partial charge in [0.05, 0.1) is 0 Å². The van der Waals surface area contributed by atoms with E-state index in [0.717, 1.165) is 30.7 Å². The average Bonchev–Trinajstić information content (AvgIpc) is 2.36. The number of carbonyl (C=O) groups excluding carboxylic acids is 1. The third-order valence-electron chi connectivity index (χ3n) is 2.71. The topological polar surface area (TPSA) is 20.3 Å². The summed E-state index contributed by atoms with van der Waals surface area (Å²) in [6, 6.07) is 7.93. The molecule has 0 saturated heterocycles. The Morgan fingerprint density at radius 1 is 1.29 bits per heavy atom. The molecular weight excluding hydrogens is 230 g/mol. The van der Waals surface area contributed by atoms with Gasteiger partial charge in [0.15, 0.2) is 0 Å². The minimum absolute atomic E-state index is 0.120. The van der Waals surface area contributed by atoms with Crippen LogP contribution in [0.4, 0.5) is 0 Å².